The summed E-state index contributed by atoms with van der Waals surface area (Å²) in [6, 6.07) is 7.04. The molecule has 4 rings (SSSR count). The molecule has 0 bridgehead atoms. The largest absolute Gasteiger partial charge is 0.354 e. The van der Waals surface area contributed by atoms with E-state index >= 15 is 0 Å². The van der Waals surface area contributed by atoms with Crippen LogP contribution in [0.4, 0.5) is 13.2 Å². The normalized spacial score (nSPS) is 17.2. The predicted octanol–water partition coefficient (Wildman–Crippen LogP) is 3.44. The molecule has 1 aliphatic rings. The molecule has 3 aromatic rings. The molecule has 2 aromatic carbocycles. The van der Waals surface area contributed by atoms with E-state index in [-0.39, 0.29) is 23.8 Å². The first-order valence-corrected chi connectivity index (χ1v) is 9.67. The summed E-state index contributed by atoms with van der Waals surface area (Å²) in [6.45, 7) is 2.19. The summed E-state index contributed by atoms with van der Waals surface area (Å²) in [4.78, 5) is 27.3. The second-order valence-corrected chi connectivity index (χ2v) is 7.54. The second-order valence-electron chi connectivity index (χ2n) is 7.54. The number of amides is 2. The minimum Gasteiger partial charge on any atom is -0.354 e. The van der Waals surface area contributed by atoms with Crippen LogP contribution in [0.2, 0.25) is 0 Å². The summed E-state index contributed by atoms with van der Waals surface area (Å²) < 4.78 is 41.7. The minimum absolute atomic E-state index is 0.119. The Balaban J connectivity index is 1.70. The molecule has 5 nitrogen and oxygen atoms in total. The van der Waals surface area contributed by atoms with Crippen LogP contribution in [-0.4, -0.2) is 29.4 Å². The summed E-state index contributed by atoms with van der Waals surface area (Å²) >= 11 is 0. The van der Waals surface area contributed by atoms with Gasteiger partial charge in [-0.2, -0.15) is 0 Å². The third-order valence-electron chi connectivity index (χ3n) is 5.39. The lowest BCUT2D eigenvalue weighted by Crippen LogP contribution is -2.42. The smallest absolute Gasteiger partial charge is 0.242 e. The van der Waals surface area contributed by atoms with Crippen LogP contribution in [0.15, 0.2) is 36.4 Å². The molecule has 1 unspecified atom stereocenters. The van der Waals surface area contributed by atoms with Crippen LogP contribution >= 0.6 is 0 Å². The average molecular weight is 415 g/mol. The topological polar surface area (TPSA) is 74.0 Å². The number of H-pyrrole nitrogens is 1. The van der Waals surface area contributed by atoms with Gasteiger partial charge in [-0.15, -0.1) is 0 Å². The van der Waals surface area contributed by atoms with Gasteiger partial charge in [0.15, 0.2) is 0 Å². The molecule has 2 amide bonds. The van der Waals surface area contributed by atoms with Gasteiger partial charge in [-0.05, 0) is 54.3 Å². The number of fused-ring (bicyclic) bond motifs is 1. The van der Waals surface area contributed by atoms with E-state index in [4.69, 9.17) is 0 Å². The highest BCUT2D eigenvalue weighted by atomic mass is 19.1. The Morgan fingerprint density at radius 3 is 2.57 bits per heavy atom. The zero-order valence-corrected chi connectivity index (χ0v) is 16.2. The number of aromatic amines is 1. The monoisotopic (exact) mass is 415 g/mol. The Labute approximate surface area is 170 Å². The maximum absolute atomic E-state index is 14.4. The molecule has 0 spiro atoms. The van der Waals surface area contributed by atoms with Crippen LogP contribution in [0.25, 0.3) is 22.2 Å². The van der Waals surface area contributed by atoms with Gasteiger partial charge < -0.3 is 15.6 Å². The van der Waals surface area contributed by atoms with Crippen molar-refractivity contribution in [1.82, 2.24) is 15.6 Å². The highest BCUT2D eigenvalue weighted by Crippen LogP contribution is 2.34. The molecule has 30 heavy (non-hydrogen) atoms. The number of carbonyl (C=O) groups is 2. The van der Waals surface area contributed by atoms with E-state index in [1.807, 2.05) is 0 Å². The van der Waals surface area contributed by atoms with Gasteiger partial charge in [0.2, 0.25) is 11.8 Å². The fourth-order valence-corrected chi connectivity index (χ4v) is 3.79. The Morgan fingerprint density at radius 1 is 1.17 bits per heavy atom. The van der Waals surface area contributed by atoms with E-state index in [2.05, 4.69) is 15.6 Å². The highest BCUT2D eigenvalue weighted by molar-refractivity contribution is 5.93. The Hall–Kier alpha value is -3.29. The van der Waals surface area contributed by atoms with Crippen molar-refractivity contribution in [1.29, 1.82) is 0 Å². The highest BCUT2D eigenvalue weighted by Gasteiger charge is 2.28. The first-order valence-electron chi connectivity index (χ1n) is 9.67. The Kier molecular flexibility index (Phi) is 5.24. The van der Waals surface area contributed by atoms with Crippen molar-refractivity contribution in [3.63, 3.8) is 0 Å². The molecule has 1 saturated heterocycles. The van der Waals surface area contributed by atoms with Crippen LogP contribution in [0, 0.1) is 23.4 Å². The van der Waals surface area contributed by atoms with Crippen LogP contribution < -0.4 is 10.6 Å². The molecule has 156 valence electrons. The van der Waals surface area contributed by atoms with E-state index < -0.39 is 29.4 Å². The predicted molar refractivity (Wildman–Crippen MR) is 106 cm³/mol. The van der Waals surface area contributed by atoms with Crippen molar-refractivity contribution in [2.75, 3.05) is 6.54 Å². The maximum Gasteiger partial charge on any atom is 0.242 e. The van der Waals surface area contributed by atoms with Crippen molar-refractivity contribution in [3.8, 4) is 11.3 Å². The lowest BCUT2D eigenvalue weighted by atomic mass is 9.95. The zero-order chi connectivity index (χ0) is 21.4. The van der Waals surface area contributed by atoms with Gasteiger partial charge in [0.1, 0.15) is 23.5 Å². The standard InChI is InChI=1S/C22H20F3N3O2/c1-11(21(29)27-18-6-7-26-22(18)30)8-15-16-9-14(24)10-17(25)20(16)28-19(15)12-2-4-13(23)5-3-12/h2-5,9-11,18,28H,6-8H2,1H3,(H,26,30)(H,27,29)/t11?,18-/m0/s1. The number of nitrogens with one attached hydrogen (secondary N) is 3. The van der Waals surface area contributed by atoms with Gasteiger partial charge in [0.05, 0.1) is 5.52 Å². The molecule has 2 heterocycles. The SMILES string of the molecule is CC(Cc1c(-c2ccc(F)cc2)[nH]c2c(F)cc(F)cc12)C(=O)N[C@H]1CCNC1=O. The number of carbonyl (C=O) groups excluding carboxylic acids is 2. The lowest BCUT2D eigenvalue weighted by Gasteiger charge is -2.16. The molecule has 0 aliphatic carbocycles. The summed E-state index contributed by atoms with van der Waals surface area (Å²) in [5.41, 5.74) is 1.75. The van der Waals surface area contributed by atoms with Crippen LogP contribution in [0.5, 0.6) is 0 Å². The van der Waals surface area contributed by atoms with E-state index in [9.17, 15) is 22.8 Å². The summed E-state index contributed by atoms with van der Waals surface area (Å²) in [7, 11) is 0. The van der Waals surface area contributed by atoms with Gasteiger partial charge in [-0.25, -0.2) is 13.2 Å². The molecule has 2 atom stereocenters. The molecule has 8 heteroatoms. The number of halogens is 3. The molecule has 3 N–H and O–H groups in total. The molecule has 0 saturated carbocycles. The van der Waals surface area contributed by atoms with E-state index in [0.29, 0.717) is 35.2 Å². The maximum atomic E-state index is 14.4. The number of hydrogen-bond acceptors (Lipinski definition) is 2. The Bertz CT molecular complexity index is 1120. The average Bonchev–Trinajstić information content (AvgIpc) is 3.26. The van der Waals surface area contributed by atoms with E-state index in [1.54, 1.807) is 6.92 Å². The number of aromatic nitrogens is 1. The fourth-order valence-electron chi connectivity index (χ4n) is 3.79. The number of rotatable bonds is 5. The third-order valence-corrected chi connectivity index (χ3v) is 5.39. The van der Waals surface area contributed by atoms with Gasteiger partial charge in [-0.1, -0.05) is 6.92 Å². The quantitative estimate of drug-likeness (QED) is 0.597. The lowest BCUT2D eigenvalue weighted by molar-refractivity contribution is -0.129. The van der Waals surface area contributed by atoms with Crippen molar-refractivity contribution in [2.45, 2.75) is 25.8 Å². The van der Waals surface area contributed by atoms with Crippen molar-refractivity contribution < 1.29 is 22.8 Å². The van der Waals surface area contributed by atoms with E-state index in [0.717, 1.165) is 6.07 Å². The summed E-state index contributed by atoms with van der Waals surface area (Å²) in [6.07, 6.45) is 0.692. The van der Waals surface area contributed by atoms with Gasteiger partial charge >= 0.3 is 0 Å². The summed E-state index contributed by atoms with van der Waals surface area (Å²) in [5.74, 6) is -3.02. The molecule has 1 fully saturated rings. The first-order chi connectivity index (χ1) is 14.3. The van der Waals surface area contributed by atoms with Crippen LogP contribution in [0.1, 0.15) is 18.9 Å². The number of hydrogen-bond donors (Lipinski definition) is 3. The van der Waals surface area contributed by atoms with Gasteiger partial charge in [-0.3, -0.25) is 9.59 Å². The molecule has 1 aromatic heterocycles. The summed E-state index contributed by atoms with van der Waals surface area (Å²) in [5, 5.41) is 5.70. The molecule has 0 radical (unpaired) electrons. The zero-order valence-electron chi connectivity index (χ0n) is 16.2. The second kappa shape index (κ2) is 7.85. The minimum atomic E-state index is -0.751. The van der Waals surface area contributed by atoms with Crippen LogP contribution in [0.3, 0.4) is 0 Å². The third kappa shape index (κ3) is 3.77. The molecule has 1 aliphatic heterocycles. The van der Waals surface area contributed by atoms with Crippen molar-refractivity contribution in [2.24, 2.45) is 5.92 Å². The first kappa shape index (κ1) is 20.0. The van der Waals surface area contributed by atoms with Crippen LogP contribution in [-0.2, 0) is 16.0 Å². The number of benzene rings is 2. The molecular weight excluding hydrogens is 395 g/mol. The van der Waals surface area contributed by atoms with E-state index in [1.165, 1.54) is 30.3 Å². The van der Waals surface area contributed by atoms with Crippen molar-refractivity contribution in [3.05, 3.63) is 59.4 Å². The van der Waals surface area contributed by atoms with Gasteiger partial charge in [0, 0.05) is 29.6 Å². The van der Waals surface area contributed by atoms with Gasteiger partial charge in [0.25, 0.3) is 0 Å². The Morgan fingerprint density at radius 2 is 1.90 bits per heavy atom. The van der Waals surface area contributed by atoms with Crippen molar-refractivity contribution >= 4 is 22.7 Å². The molecular formula is C22H20F3N3O2. The fraction of sp³-hybridized carbons (Fsp3) is 0.273.